The Bertz CT molecular complexity index is 218. The van der Waals surface area contributed by atoms with Crippen LogP contribution in [-0.2, 0) is 0 Å². The first-order valence-corrected chi connectivity index (χ1v) is 23.2. The van der Waals surface area contributed by atoms with Crippen molar-refractivity contribution in [2.45, 2.75) is 68.2 Å². The summed E-state index contributed by atoms with van der Waals surface area (Å²) >= 11 is -4.28. The van der Waals surface area contributed by atoms with E-state index in [2.05, 4.69) is 69.7 Å². The summed E-state index contributed by atoms with van der Waals surface area (Å²) in [6.45, 7) is 14.7. The summed E-state index contributed by atoms with van der Waals surface area (Å²) in [6, 6.07) is 0. The van der Waals surface area contributed by atoms with E-state index in [-0.39, 0.29) is 0 Å². The van der Waals surface area contributed by atoms with Crippen molar-refractivity contribution in [2.75, 3.05) is 7.05 Å². The first-order valence-electron chi connectivity index (χ1n) is 6.39. The van der Waals surface area contributed by atoms with Crippen LogP contribution >= 0.6 is 0 Å². The molecule has 0 saturated carbocycles. The van der Waals surface area contributed by atoms with Crippen LogP contribution < -0.4 is 0 Å². The van der Waals surface area contributed by atoms with Gasteiger partial charge in [-0.05, 0) is 0 Å². The van der Waals surface area contributed by atoms with Crippen LogP contribution in [0.2, 0.25) is 26.6 Å². The summed E-state index contributed by atoms with van der Waals surface area (Å²) in [5, 5.41) is 0. The van der Waals surface area contributed by atoms with Crippen LogP contribution in [0, 0.1) is 0 Å². The molecular weight excluding hydrogens is 408 g/mol. The predicted octanol–water partition coefficient (Wildman–Crippen LogP) is 4.93. The van der Waals surface area contributed by atoms with Crippen molar-refractivity contribution in [3.05, 3.63) is 0 Å². The molecular formula is C13H33NSn2. The molecule has 1 nitrogen and oxygen atoms in total. The zero-order valence-corrected chi connectivity index (χ0v) is 19.2. The van der Waals surface area contributed by atoms with Gasteiger partial charge in [-0.25, -0.2) is 0 Å². The molecule has 0 amide bonds. The quantitative estimate of drug-likeness (QED) is 0.550. The summed E-state index contributed by atoms with van der Waals surface area (Å²) in [4.78, 5) is 10.4. The van der Waals surface area contributed by atoms with Crippen molar-refractivity contribution in [3.63, 3.8) is 0 Å². The maximum atomic E-state index is 2.96. The van der Waals surface area contributed by atoms with E-state index >= 15 is 0 Å². The molecule has 0 aliphatic carbocycles. The van der Waals surface area contributed by atoms with Crippen molar-refractivity contribution < 1.29 is 0 Å². The van der Waals surface area contributed by atoms with Gasteiger partial charge < -0.3 is 0 Å². The van der Waals surface area contributed by atoms with E-state index in [1.807, 2.05) is 0 Å². The van der Waals surface area contributed by atoms with E-state index in [0.717, 1.165) is 0 Å². The Hall–Kier alpha value is 1.56. The Morgan fingerprint density at radius 2 is 0.812 bits per heavy atom. The van der Waals surface area contributed by atoms with E-state index in [0.29, 0.717) is 6.86 Å². The number of hydrogen-bond donors (Lipinski definition) is 0. The molecule has 0 aromatic rings. The summed E-state index contributed by atoms with van der Waals surface area (Å²) in [5.74, 6) is 0. The second-order valence-corrected chi connectivity index (χ2v) is 42.0. The molecule has 0 unspecified atom stereocenters. The van der Waals surface area contributed by atoms with Gasteiger partial charge in [0.1, 0.15) is 0 Å². The Labute approximate surface area is 113 Å². The van der Waals surface area contributed by atoms with Crippen LogP contribution in [0.5, 0.6) is 0 Å². The molecule has 0 heterocycles. The van der Waals surface area contributed by atoms with E-state index in [1.165, 1.54) is 0 Å². The van der Waals surface area contributed by atoms with Gasteiger partial charge in [0.25, 0.3) is 0 Å². The molecule has 3 heteroatoms. The molecule has 98 valence electrons. The molecule has 0 rings (SSSR count). The first kappa shape index (κ1) is 17.6. The fraction of sp³-hybridized carbons (Fsp3) is 1.00. The van der Waals surface area contributed by atoms with Gasteiger partial charge in [-0.2, -0.15) is 0 Å². The molecule has 0 aromatic heterocycles. The average Bonchev–Trinajstić information content (AvgIpc) is 1.98. The zero-order valence-electron chi connectivity index (χ0n) is 13.4. The minimum absolute atomic E-state index is 0.531. The topological polar surface area (TPSA) is 3.24 Å². The summed E-state index contributed by atoms with van der Waals surface area (Å²) < 4.78 is 4.02. The number of rotatable bonds is 2. The van der Waals surface area contributed by atoms with Gasteiger partial charge in [0.05, 0.1) is 0 Å². The molecule has 0 spiro atoms. The van der Waals surface area contributed by atoms with Crippen molar-refractivity contribution in [1.29, 1.82) is 0 Å². The molecule has 0 atom stereocenters. The fourth-order valence-electron chi connectivity index (χ4n) is 1.71. The third kappa shape index (κ3) is 3.31. The van der Waals surface area contributed by atoms with Crippen LogP contribution in [0.4, 0.5) is 0 Å². The Kier molecular flexibility index (Phi) is 5.39. The van der Waals surface area contributed by atoms with Crippen LogP contribution in [0.3, 0.4) is 0 Å². The molecule has 16 heavy (non-hydrogen) atoms. The molecule has 0 bridgehead atoms. The van der Waals surface area contributed by atoms with Gasteiger partial charge in [0.2, 0.25) is 0 Å². The predicted molar refractivity (Wildman–Crippen MR) is 82.2 cm³/mol. The normalized spacial score (nSPS) is 15.8. The summed E-state index contributed by atoms with van der Waals surface area (Å²) in [6.07, 6.45) is 0. The fourth-order valence-corrected chi connectivity index (χ4v) is 51.0. The molecule has 0 aromatic carbocycles. The van der Waals surface area contributed by atoms with Crippen LogP contribution in [0.1, 0.15) is 41.5 Å². The van der Waals surface area contributed by atoms with Gasteiger partial charge in [-0.15, -0.1) is 0 Å². The maximum absolute atomic E-state index is 2.96. The van der Waals surface area contributed by atoms with E-state index in [4.69, 9.17) is 0 Å². The van der Waals surface area contributed by atoms with Gasteiger partial charge in [0.15, 0.2) is 0 Å². The van der Waals surface area contributed by atoms with Gasteiger partial charge >= 0.3 is 114 Å². The number of hydrogen-bond acceptors (Lipinski definition) is 1. The third-order valence-corrected chi connectivity index (χ3v) is 57.3. The third-order valence-electron chi connectivity index (χ3n) is 5.35. The van der Waals surface area contributed by atoms with Crippen molar-refractivity contribution in [1.82, 2.24) is 1.34 Å². The second-order valence-electron chi connectivity index (χ2n) is 8.18. The zero-order chi connectivity index (χ0) is 13.6. The molecule has 0 saturated heterocycles. The molecule has 0 aliphatic rings. The summed E-state index contributed by atoms with van der Waals surface area (Å²) in [7, 11) is 2.45. The first-order chi connectivity index (χ1) is 6.65. The standard InChI is InChI=1S/2C4H9.CH3N.4CH3.2Sn/c2*1-4(2)3;1-2;;;;;;/h2*1-3H3;1H3;4*1H3;;. The van der Waals surface area contributed by atoms with Crippen molar-refractivity contribution >= 4 is 37.3 Å². The number of nitrogens with zero attached hydrogens (tertiary/aromatic N) is 1. The SMILES string of the molecule is C[N]([Sn]([CH3])([CH3])[C](C)(C)C)[Sn]([CH3])([CH3])[C](C)(C)C. The van der Waals surface area contributed by atoms with Crippen LogP contribution in [0.15, 0.2) is 0 Å². The average molecular weight is 441 g/mol. The van der Waals surface area contributed by atoms with Gasteiger partial charge in [0, 0.05) is 0 Å². The van der Waals surface area contributed by atoms with Crippen LogP contribution in [-0.4, -0.2) is 45.7 Å². The Balaban J connectivity index is 5.30. The van der Waals surface area contributed by atoms with Gasteiger partial charge in [-0.3, -0.25) is 0 Å². The van der Waals surface area contributed by atoms with Crippen LogP contribution in [0.25, 0.3) is 0 Å². The minimum atomic E-state index is -2.14. The van der Waals surface area contributed by atoms with Gasteiger partial charge in [-0.1, -0.05) is 0 Å². The monoisotopic (exact) mass is 443 g/mol. The Morgan fingerprint density at radius 3 is 0.938 bits per heavy atom. The molecule has 0 N–H and O–H groups in total. The molecule has 0 fully saturated rings. The summed E-state index contributed by atoms with van der Waals surface area (Å²) in [5.41, 5.74) is 0. The Morgan fingerprint density at radius 1 is 0.625 bits per heavy atom. The molecule has 0 aliphatic heterocycles. The van der Waals surface area contributed by atoms with Crippen molar-refractivity contribution in [3.8, 4) is 0 Å². The van der Waals surface area contributed by atoms with E-state index < -0.39 is 37.3 Å². The van der Waals surface area contributed by atoms with E-state index in [1.54, 1.807) is 0 Å². The molecule has 0 radical (unpaired) electrons. The van der Waals surface area contributed by atoms with Crippen molar-refractivity contribution in [2.24, 2.45) is 0 Å². The second kappa shape index (κ2) is 4.91. The van der Waals surface area contributed by atoms with E-state index in [9.17, 15) is 0 Å².